The van der Waals surface area contributed by atoms with Crippen LogP contribution in [0.5, 0.6) is 0 Å². The van der Waals surface area contributed by atoms with Gasteiger partial charge in [0.15, 0.2) is 6.29 Å². The van der Waals surface area contributed by atoms with Gasteiger partial charge in [-0.05, 0) is 54.5 Å². The summed E-state index contributed by atoms with van der Waals surface area (Å²) in [6.07, 6.45) is 7.93. The van der Waals surface area contributed by atoms with Crippen LogP contribution in [0.15, 0.2) is 53.4 Å². The molecule has 2 aromatic rings. The summed E-state index contributed by atoms with van der Waals surface area (Å²) in [5.74, 6) is -1.71. The van der Waals surface area contributed by atoms with Gasteiger partial charge in [-0.2, -0.15) is 0 Å². The van der Waals surface area contributed by atoms with Gasteiger partial charge in [0, 0.05) is 35.2 Å². The average molecular weight is 529 g/mol. The van der Waals surface area contributed by atoms with Gasteiger partial charge < -0.3 is 15.7 Å². The molecule has 1 aliphatic heterocycles. The minimum Gasteiger partial charge on any atom is -0.390 e. The van der Waals surface area contributed by atoms with Crippen LogP contribution in [0.1, 0.15) is 67.4 Å². The zero-order chi connectivity index (χ0) is 26.4. The molecule has 4 rings (SSSR count). The largest absolute Gasteiger partial charge is 0.390 e. The Morgan fingerprint density at radius 3 is 2.54 bits per heavy atom. The number of aldehydes is 1. The molecule has 5 nitrogen and oxygen atoms in total. The van der Waals surface area contributed by atoms with Crippen LogP contribution in [0.4, 0.5) is 8.78 Å². The third-order valence-corrected chi connectivity index (χ3v) is 8.61. The second-order valence-electron chi connectivity index (χ2n) is 10.1. The van der Waals surface area contributed by atoms with Crippen LogP contribution in [0, 0.1) is 11.6 Å². The van der Waals surface area contributed by atoms with Crippen molar-refractivity contribution >= 4 is 24.0 Å². The lowest BCUT2D eigenvalue weighted by Gasteiger charge is -2.40. The molecule has 3 unspecified atom stereocenters. The van der Waals surface area contributed by atoms with Crippen molar-refractivity contribution in [1.29, 1.82) is 0 Å². The first-order chi connectivity index (χ1) is 17.8. The standard InChI is InChI=1S/C29H34F2N2O3S/c1-19(35)33-26(14-20-12-23(30)16-24(31)13-20)27(36)17-32-29(10-3-2-4-11-29)22-7-5-6-21(15-22)28-9-8-25(18-34)37-28/h5-8,12-13,15-16,18,26-28,32,36H,2-4,9-11,14,17H2,1H3,(H,33,35). The molecule has 1 aliphatic carbocycles. The summed E-state index contributed by atoms with van der Waals surface area (Å²) in [6.45, 7) is 1.57. The predicted molar refractivity (Wildman–Crippen MR) is 142 cm³/mol. The Balaban J connectivity index is 1.51. The summed E-state index contributed by atoms with van der Waals surface area (Å²) in [5.41, 5.74) is 2.37. The van der Waals surface area contributed by atoms with Crippen molar-refractivity contribution in [3.8, 4) is 0 Å². The zero-order valence-corrected chi connectivity index (χ0v) is 21.8. The Labute approximate surface area is 221 Å². The maximum Gasteiger partial charge on any atom is 0.217 e. The topological polar surface area (TPSA) is 78.4 Å². The van der Waals surface area contributed by atoms with Crippen LogP contribution in [0.3, 0.4) is 0 Å². The Hall–Kier alpha value is -2.55. The number of carbonyl (C=O) groups excluding carboxylic acids is 2. The molecule has 3 atom stereocenters. The van der Waals surface area contributed by atoms with Crippen molar-refractivity contribution in [1.82, 2.24) is 10.6 Å². The van der Waals surface area contributed by atoms with Gasteiger partial charge in [-0.25, -0.2) is 8.78 Å². The molecular weight excluding hydrogens is 494 g/mol. The van der Waals surface area contributed by atoms with Gasteiger partial charge in [-0.15, -0.1) is 11.8 Å². The number of hydrogen-bond acceptors (Lipinski definition) is 5. The minimum atomic E-state index is -0.970. The average Bonchev–Trinajstić information content (AvgIpc) is 3.36. The highest BCUT2D eigenvalue weighted by Crippen LogP contribution is 2.44. The van der Waals surface area contributed by atoms with E-state index in [1.54, 1.807) is 11.8 Å². The number of hydrogen-bond donors (Lipinski definition) is 3. The van der Waals surface area contributed by atoms with Gasteiger partial charge >= 0.3 is 0 Å². The Morgan fingerprint density at radius 2 is 1.89 bits per heavy atom. The normalized spacial score (nSPS) is 20.6. The van der Waals surface area contributed by atoms with Crippen LogP contribution >= 0.6 is 11.8 Å². The fourth-order valence-corrected chi connectivity index (χ4v) is 6.54. The molecule has 0 aromatic heterocycles. The summed E-state index contributed by atoms with van der Waals surface area (Å²) < 4.78 is 27.5. The van der Waals surface area contributed by atoms with Crippen molar-refractivity contribution in [3.63, 3.8) is 0 Å². The first-order valence-corrected chi connectivity index (χ1v) is 13.7. The van der Waals surface area contributed by atoms with Crippen molar-refractivity contribution in [3.05, 3.63) is 81.8 Å². The maximum atomic E-state index is 13.7. The molecule has 1 amide bonds. The lowest BCUT2D eigenvalue weighted by Crippen LogP contribution is -2.53. The second kappa shape index (κ2) is 12.3. The number of halogens is 2. The van der Waals surface area contributed by atoms with E-state index in [2.05, 4.69) is 34.9 Å². The number of carbonyl (C=O) groups is 2. The third kappa shape index (κ3) is 7.06. The molecule has 1 saturated carbocycles. The molecule has 198 valence electrons. The fraction of sp³-hybridized carbons (Fsp3) is 0.448. The molecule has 8 heteroatoms. The number of amides is 1. The summed E-state index contributed by atoms with van der Waals surface area (Å²) >= 11 is 1.59. The maximum absolute atomic E-state index is 13.7. The highest BCUT2D eigenvalue weighted by Gasteiger charge is 2.35. The number of aliphatic hydroxyl groups excluding tert-OH is 1. The molecule has 3 N–H and O–H groups in total. The van der Waals surface area contributed by atoms with Gasteiger partial charge in [-0.1, -0.05) is 49.6 Å². The third-order valence-electron chi connectivity index (χ3n) is 7.33. The predicted octanol–water partition coefficient (Wildman–Crippen LogP) is 5.08. The monoisotopic (exact) mass is 528 g/mol. The van der Waals surface area contributed by atoms with E-state index in [1.165, 1.54) is 24.6 Å². The summed E-state index contributed by atoms with van der Waals surface area (Å²) in [7, 11) is 0. The highest BCUT2D eigenvalue weighted by molar-refractivity contribution is 8.04. The SMILES string of the molecule is CC(=O)NC(Cc1cc(F)cc(F)c1)C(O)CNC1(c2cccc(C3CC=C(C=O)S3)c2)CCCCC1. The van der Waals surface area contributed by atoms with E-state index >= 15 is 0 Å². The van der Waals surface area contributed by atoms with Gasteiger partial charge in [0.05, 0.1) is 12.1 Å². The van der Waals surface area contributed by atoms with Gasteiger partial charge in [-0.3, -0.25) is 9.59 Å². The number of benzene rings is 2. The first kappa shape index (κ1) is 27.5. The molecule has 0 bridgehead atoms. The number of thioether (sulfide) groups is 1. The first-order valence-electron chi connectivity index (χ1n) is 12.9. The molecule has 1 heterocycles. The van der Waals surface area contributed by atoms with Crippen LogP contribution < -0.4 is 10.6 Å². The van der Waals surface area contributed by atoms with Gasteiger partial charge in [0.25, 0.3) is 0 Å². The van der Waals surface area contributed by atoms with E-state index in [0.717, 1.165) is 61.3 Å². The van der Waals surface area contributed by atoms with Crippen molar-refractivity contribution < 1.29 is 23.5 Å². The number of aliphatic hydroxyl groups is 1. The second-order valence-corrected chi connectivity index (χ2v) is 11.3. The van der Waals surface area contributed by atoms with E-state index in [-0.39, 0.29) is 29.7 Å². The molecule has 1 fully saturated rings. The number of nitrogens with one attached hydrogen (secondary N) is 2. The molecular formula is C29H34F2N2O3S. The van der Waals surface area contributed by atoms with Crippen molar-refractivity contribution in [2.24, 2.45) is 0 Å². The molecule has 37 heavy (non-hydrogen) atoms. The van der Waals surface area contributed by atoms with E-state index in [4.69, 9.17) is 0 Å². The lowest BCUT2D eigenvalue weighted by atomic mass is 9.76. The van der Waals surface area contributed by atoms with Gasteiger partial charge in [0.1, 0.15) is 11.6 Å². The quantitative estimate of drug-likeness (QED) is 0.375. The molecule has 0 spiro atoms. The van der Waals surface area contributed by atoms with Crippen molar-refractivity contribution in [2.75, 3.05) is 6.54 Å². The molecule has 0 saturated heterocycles. The smallest absolute Gasteiger partial charge is 0.217 e. The Bertz CT molecular complexity index is 1130. The van der Waals surface area contributed by atoms with Crippen LogP contribution in [-0.4, -0.2) is 36.0 Å². The lowest BCUT2D eigenvalue weighted by molar-refractivity contribution is -0.120. The molecule has 2 aromatic carbocycles. The Morgan fingerprint density at radius 1 is 1.16 bits per heavy atom. The summed E-state index contributed by atoms with van der Waals surface area (Å²) in [6, 6.07) is 11.0. The van der Waals surface area contributed by atoms with Crippen molar-refractivity contribution in [2.45, 2.75) is 74.8 Å². The number of rotatable bonds is 10. The minimum absolute atomic E-state index is 0.102. The van der Waals surface area contributed by atoms with E-state index in [9.17, 15) is 23.5 Å². The van der Waals surface area contributed by atoms with Crippen LogP contribution in [0.25, 0.3) is 0 Å². The van der Waals surface area contributed by atoms with Crippen LogP contribution in [-0.2, 0) is 21.5 Å². The highest BCUT2D eigenvalue weighted by atomic mass is 32.2. The van der Waals surface area contributed by atoms with E-state index in [0.29, 0.717) is 5.56 Å². The van der Waals surface area contributed by atoms with E-state index in [1.807, 2.05) is 6.08 Å². The summed E-state index contributed by atoms with van der Waals surface area (Å²) in [4.78, 5) is 23.8. The van der Waals surface area contributed by atoms with E-state index < -0.39 is 23.8 Å². The molecule has 0 radical (unpaired) electrons. The number of allylic oxidation sites excluding steroid dienone is 2. The summed E-state index contributed by atoms with van der Waals surface area (Å²) in [5, 5.41) is 17.7. The van der Waals surface area contributed by atoms with Gasteiger partial charge in [0.2, 0.25) is 5.91 Å². The van der Waals surface area contributed by atoms with Crippen LogP contribution in [0.2, 0.25) is 0 Å². The zero-order valence-electron chi connectivity index (χ0n) is 21.0. The Kier molecular flexibility index (Phi) is 9.16. The fourth-order valence-electron chi connectivity index (χ4n) is 5.49. The molecule has 2 aliphatic rings.